The molecule has 0 saturated heterocycles. The molecule has 1 aromatic rings. The highest BCUT2D eigenvalue weighted by atomic mass is 32.2. The number of hydrogen-bond donors (Lipinski definition) is 1. The van der Waals surface area contributed by atoms with Crippen molar-refractivity contribution in [2.75, 3.05) is 19.8 Å². The van der Waals surface area contributed by atoms with Gasteiger partial charge in [-0.2, -0.15) is 0 Å². The van der Waals surface area contributed by atoms with Crippen molar-refractivity contribution in [3.63, 3.8) is 0 Å². The number of benzene rings is 1. The van der Waals surface area contributed by atoms with Crippen molar-refractivity contribution in [2.24, 2.45) is 5.92 Å². The molecule has 1 fully saturated rings. The van der Waals surface area contributed by atoms with E-state index in [1.54, 1.807) is 24.3 Å². The summed E-state index contributed by atoms with van der Waals surface area (Å²) in [7, 11) is -3.37. The van der Waals surface area contributed by atoms with Gasteiger partial charge >= 0.3 is 0 Å². The van der Waals surface area contributed by atoms with E-state index in [2.05, 4.69) is 4.72 Å². The van der Waals surface area contributed by atoms with Gasteiger partial charge in [0.05, 0.1) is 4.90 Å². The van der Waals surface area contributed by atoms with E-state index in [0.717, 1.165) is 18.1 Å². The molecule has 2 rings (SSSR count). The van der Waals surface area contributed by atoms with Gasteiger partial charge in [0, 0.05) is 19.8 Å². The lowest BCUT2D eigenvalue weighted by atomic mass is 10.2. The van der Waals surface area contributed by atoms with Gasteiger partial charge < -0.3 is 4.74 Å². The van der Waals surface area contributed by atoms with E-state index in [-0.39, 0.29) is 0 Å². The highest BCUT2D eigenvalue weighted by Crippen LogP contribution is 2.28. The number of nitrogens with one attached hydrogen (secondary N) is 1. The Balaban J connectivity index is 1.69. The Hall–Kier alpha value is -0.910. The fraction of sp³-hybridized carbons (Fsp3) is 0.571. The van der Waals surface area contributed by atoms with Crippen LogP contribution in [0.3, 0.4) is 0 Å². The molecule has 0 radical (unpaired) electrons. The molecule has 1 saturated carbocycles. The van der Waals surface area contributed by atoms with Crippen LogP contribution in [0.4, 0.5) is 0 Å². The largest absolute Gasteiger partial charge is 0.381 e. The fourth-order valence-corrected chi connectivity index (χ4v) is 2.79. The third-order valence-electron chi connectivity index (χ3n) is 3.14. The second-order valence-electron chi connectivity index (χ2n) is 5.08. The van der Waals surface area contributed by atoms with Crippen LogP contribution in [0.25, 0.3) is 0 Å². The van der Waals surface area contributed by atoms with Crippen LogP contribution in [-0.4, -0.2) is 28.2 Å². The van der Waals surface area contributed by atoms with E-state index in [1.165, 1.54) is 12.8 Å². The van der Waals surface area contributed by atoms with Crippen molar-refractivity contribution in [3.8, 4) is 0 Å². The highest BCUT2D eigenvalue weighted by Gasteiger charge is 2.20. The van der Waals surface area contributed by atoms with E-state index in [9.17, 15) is 8.42 Å². The van der Waals surface area contributed by atoms with Gasteiger partial charge in [-0.15, -0.1) is 0 Å². The summed E-state index contributed by atoms with van der Waals surface area (Å²) in [4.78, 5) is 0.317. The molecule has 0 atom stereocenters. The lowest BCUT2D eigenvalue weighted by Crippen LogP contribution is -2.25. The average molecular weight is 283 g/mol. The molecule has 19 heavy (non-hydrogen) atoms. The molecule has 0 aliphatic heterocycles. The summed E-state index contributed by atoms with van der Waals surface area (Å²) >= 11 is 0. The molecule has 1 N–H and O–H groups in total. The van der Waals surface area contributed by atoms with Crippen molar-refractivity contribution >= 4 is 10.0 Å². The smallest absolute Gasteiger partial charge is 0.240 e. The number of ether oxygens (including phenoxy) is 1. The predicted molar refractivity (Wildman–Crippen MR) is 74.5 cm³/mol. The minimum Gasteiger partial charge on any atom is -0.381 e. The minimum absolute atomic E-state index is 0.317. The molecule has 0 bridgehead atoms. The van der Waals surface area contributed by atoms with Gasteiger partial charge in [0.1, 0.15) is 0 Å². The molecule has 0 heterocycles. The molecule has 1 aliphatic carbocycles. The molecule has 106 valence electrons. The number of sulfonamides is 1. The van der Waals surface area contributed by atoms with E-state index in [4.69, 9.17) is 4.74 Å². The van der Waals surface area contributed by atoms with Crippen molar-refractivity contribution in [3.05, 3.63) is 29.8 Å². The first-order valence-corrected chi connectivity index (χ1v) is 8.20. The Labute approximate surface area is 115 Å². The third-order valence-corrected chi connectivity index (χ3v) is 4.62. The molecule has 1 aromatic carbocycles. The summed E-state index contributed by atoms with van der Waals surface area (Å²) in [5.41, 5.74) is 1.05. The summed E-state index contributed by atoms with van der Waals surface area (Å²) in [5.74, 6) is 0.754. The zero-order valence-electron chi connectivity index (χ0n) is 11.3. The Bertz CT molecular complexity index is 492. The number of hydrogen-bond acceptors (Lipinski definition) is 3. The highest BCUT2D eigenvalue weighted by molar-refractivity contribution is 7.89. The molecule has 1 aliphatic rings. The zero-order chi connectivity index (χ0) is 13.7. The van der Waals surface area contributed by atoms with E-state index in [1.807, 2.05) is 6.92 Å². The second-order valence-corrected chi connectivity index (χ2v) is 6.85. The van der Waals surface area contributed by atoms with Crippen molar-refractivity contribution < 1.29 is 13.2 Å². The fourth-order valence-electron chi connectivity index (χ4n) is 1.72. The van der Waals surface area contributed by atoms with Crippen molar-refractivity contribution in [1.82, 2.24) is 4.72 Å². The standard InChI is InChI=1S/C14H21NO3S/c1-12-3-7-14(8-4-12)19(16,17)15-9-2-10-18-11-13-5-6-13/h3-4,7-8,13,15H,2,5-6,9-11H2,1H3. The summed E-state index contributed by atoms with van der Waals surface area (Å²) in [6.45, 7) is 3.79. The van der Waals surface area contributed by atoms with Gasteiger partial charge in [0.15, 0.2) is 0 Å². The predicted octanol–water partition coefficient (Wildman–Crippen LogP) is 2.09. The third kappa shape index (κ3) is 4.93. The van der Waals surface area contributed by atoms with Gasteiger partial charge in [-0.3, -0.25) is 0 Å². The first-order valence-electron chi connectivity index (χ1n) is 6.72. The lowest BCUT2D eigenvalue weighted by molar-refractivity contribution is 0.123. The molecule has 0 aromatic heterocycles. The van der Waals surface area contributed by atoms with E-state index < -0.39 is 10.0 Å². The molecular weight excluding hydrogens is 262 g/mol. The molecule has 0 spiro atoms. The second kappa shape index (κ2) is 6.50. The zero-order valence-corrected chi connectivity index (χ0v) is 12.1. The topological polar surface area (TPSA) is 55.4 Å². The maximum absolute atomic E-state index is 11.9. The first-order chi connectivity index (χ1) is 9.08. The van der Waals surface area contributed by atoms with Crippen LogP contribution < -0.4 is 4.72 Å². The monoisotopic (exact) mass is 283 g/mol. The molecule has 0 unspecified atom stereocenters. The van der Waals surface area contributed by atoms with Crippen LogP contribution in [-0.2, 0) is 14.8 Å². The molecule has 5 heteroatoms. The van der Waals surface area contributed by atoms with Gasteiger partial charge in [0.2, 0.25) is 10.0 Å². The Morgan fingerprint density at radius 3 is 2.58 bits per heavy atom. The average Bonchev–Trinajstić information content (AvgIpc) is 3.18. The molecule has 4 nitrogen and oxygen atoms in total. The van der Waals surface area contributed by atoms with Crippen LogP contribution in [0, 0.1) is 12.8 Å². The van der Waals surface area contributed by atoms with Crippen molar-refractivity contribution in [1.29, 1.82) is 0 Å². The van der Waals surface area contributed by atoms with Crippen molar-refractivity contribution in [2.45, 2.75) is 31.1 Å². The SMILES string of the molecule is Cc1ccc(S(=O)(=O)NCCCOCC2CC2)cc1. The quantitative estimate of drug-likeness (QED) is 0.743. The van der Waals surface area contributed by atoms with Crippen LogP contribution in [0.15, 0.2) is 29.2 Å². The van der Waals surface area contributed by atoms with Crippen LogP contribution in [0.5, 0.6) is 0 Å². The molecule has 0 amide bonds. The number of rotatable bonds is 8. The van der Waals surface area contributed by atoms with Gasteiger partial charge in [-0.25, -0.2) is 13.1 Å². The first kappa shape index (κ1) is 14.5. The number of aryl methyl sites for hydroxylation is 1. The molecular formula is C14H21NO3S. The lowest BCUT2D eigenvalue weighted by Gasteiger charge is -2.07. The van der Waals surface area contributed by atoms with Crippen LogP contribution in [0.1, 0.15) is 24.8 Å². The normalized spacial score (nSPS) is 15.6. The Morgan fingerprint density at radius 1 is 1.26 bits per heavy atom. The van der Waals surface area contributed by atoms with E-state index in [0.29, 0.717) is 24.5 Å². The summed E-state index contributed by atoms with van der Waals surface area (Å²) < 4.78 is 31.9. The van der Waals surface area contributed by atoms with E-state index >= 15 is 0 Å². The van der Waals surface area contributed by atoms with Crippen LogP contribution in [0.2, 0.25) is 0 Å². The summed E-state index contributed by atoms with van der Waals surface area (Å²) in [5, 5.41) is 0. The maximum Gasteiger partial charge on any atom is 0.240 e. The van der Waals surface area contributed by atoms with Gasteiger partial charge in [0.25, 0.3) is 0 Å². The summed E-state index contributed by atoms with van der Waals surface area (Å²) in [6.07, 6.45) is 3.26. The maximum atomic E-state index is 11.9. The van der Waals surface area contributed by atoms with Crippen LogP contribution >= 0.6 is 0 Å². The minimum atomic E-state index is -3.37. The Morgan fingerprint density at radius 2 is 1.95 bits per heavy atom. The summed E-state index contributed by atoms with van der Waals surface area (Å²) in [6, 6.07) is 6.85. The van der Waals surface area contributed by atoms with Gasteiger partial charge in [-0.1, -0.05) is 17.7 Å². The van der Waals surface area contributed by atoms with Gasteiger partial charge in [-0.05, 0) is 44.2 Å². The Kier molecular flexibility index (Phi) is 4.96.